The van der Waals surface area contributed by atoms with Gasteiger partial charge in [-0.3, -0.25) is 9.36 Å². The maximum atomic E-state index is 13.3. The maximum Gasteiger partial charge on any atom is 0.262 e. The quantitative estimate of drug-likeness (QED) is 0.327. The normalized spacial score (nSPS) is 14.9. The molecule has 2 aliphatic rings. The van der Waals surface area contributed by atoms with E-state index in [1.165, 1.54) is 22.9 Å². The predicted molar refractivity (Wildman–Crippen MR) is 119 cm³/mol. The largest absolute Gasteiger partial charge is 0.454 e. The number of ether oxygens (including phenoxy) is 2. The molecule has 0 N–H and O–H groups in total. The molecule has 6 rings (SSSR count). The molecular weight excluding hydrogens is 428 g/mol. The summed E-state index contributed by atoms with van der Waals surface area (Å²) < 4.78 is 18.1. The van der Waals surface area contributed by atoms with E-state index in [0.29, 0.717) is 45.0 Å². The fraction of sp³-hybridized carbons (Fsp3) is 0.304. The molecule has 1 aliphatic heterocycles. The Balaban J connectivity index is 1.31. The summed E-state index contributed by atoms with van der Waals surface area (Å²) in [5.41, 5.74) is 3.86. The second-order valence-electron chi connectivity index (χ2n) is 8.12. The van der Waals surface area contributed by atoms with Crippen molar-refractivity contribution in [2.45, 2.75) is 43.6 Å². The van der Waals surface area contributed by atoms with Crippen LogP contribution in [-0.4, -0.2) is 26.5 Å². The summed E-state index contributed by atoms with van der Waals surface area (Å²) in [6.07, 6.45) is 1.95. The van der Waals surface area contributed by atoms with Crippen molar-refractivity contribution in [3.8, 4) is 22.9 Å². The predicted octanol–water partition coefficient (Wildman–Crippen LogP) is 4.42. The molecule has 9 heteroatoms. The summed E-state index contributed by atoms with van der Waals surface area (Å²) >= 11 is 1.43. The molecule has 0 unspecified atom stereocenters. The van der Waals surface area contributed by atoms with Gasteiger partial charge in [0.1, 0.15) is 0 Å². The highest BCUT2D eigenvalue weighted by molar-refractivity contribution is 7.98. The number of rotatable bonds is 5. The Labute approximate surface area is 187 Å². The Morgan fingerprint density at radius 2 is 1.88 bits per heavy atom. The average molecular weight is 449 g/mol. The van der Waals surface area contributed by atoms with Gasteiger partial charge in [-0.25, -0.2) is 4.98 Å². The Kier molecular flexibility index (Phi) is 4.46. The molecule has 4 aromatic rings. The van der Waals surface area contributed by atoms with Gasteiger partial charge in [-0.15, -0.1) is 0 Å². The first-order valence-electron chi connectivity index (χ1n) is 10.5. The van der Waals surface area contributed by atoms with Crippen LogP contribution in [0.2, 0.25) is 0 Å². The summed E-state index contributed by atoms with van der Waals surface area (Å²) in [5.74, 6) is 2.67. The Bertz CT molecular complexity index is 1420. The number of aromatic nitrogens is 4. The van der Waals surface area contributed by atoms with Gasteiger partial charge in [0, 0.05) is 17.7 Å². The standard InChI is InChI=1S/C23H20N4O4S/c1-12-3-4-14(7-13(12)2)21-25-20(31-26-21)10-32-23-24-17-9-19-18(29-11-30-19)8-16(17)22(28)27(23)15-5-6-15/h3-4,7-9,15H,5-6,10-11H2,1-2H3. The first-order valence-corrected chi connectivity index (χ1v) is 11.4. The van der Waals surface area contributed by atoms with Crippen LogP contribution in [0, 0.1) is 13.8 Å². The Hall–Kier alpha value is -3.33. The number of aryl methyl sites for hydroxylation is 2. The van der Waals surface area contributed by atoms with Crippen molar-refractivity contribution >= 4 is 22.7 Å². The molecule has 0 spiro atoms. The number of thioether (sulfide) groups is 1. The van der Waals surface area contributed by atoms with Crippen molar-refractivity contribution in [1.82, 2.24) is 19.7 Å². The molecule has 2 aromatic carbocycles. The molecule has 0 saturated heterocycles. The summed E-state index contributed by atoms with van der Waals surface area (Å²) in [6, 6.07) is 9.77. The molecular formula is C23H20N4O4S. The zero-order valence-corrected chi connectivity index (χ0v) is 18.4. The monoisotopic (exact) mass is 448 g/mol. The number of fused-ring (bicyclic) bond motifs is 2. The van der Waals surface area contributed by atoms with E-state index in [1.807, 2.05) is 12.1 Å². The molecule has 0 amide bonds. The van der Waals surface area contributed by atoms with E-state index in [1.54, 1.807) is 16.7 Å². The van der Waals surface area contributed by atoms with E-state index in [9.17, 15) is 4.79 Å². The van der Waals surface area contributed by atoms with Gasteiger partial charge in [0.15, 0.2) is 16.7 Å². The number of hydrogen-bond donors (Lipinski definition) is 0. The lowest BCUT2D eigenvalue weighted by Crippen LogP contribution is -2.22. The van der Waals surface area contributed by atoms with Crippen LogP contribution in [-0.2, 0) is 5.75 Å². The SMILES string of the molecule is Cc1ccc(-c2noc(CSc3nc4cc5c(cc4c(=O)n3C3CC3)OCO5)n2)cc1C. The van der Waals surface area contributed by atoms with Crippen LogP contribution in [0.5, 0.6) is 11.5 Å². The molecule has 0 radical (unpaired) electrons. The fourth-order valence-electron chi connectivity index (χ4n) is 3.76. The summed E-state index contributed by atoms with van der Waals surface area (Å²) in [4.78, 5) is 22.6. The van der Waals surface area contributed by atoms with Crippen molar-refractivity contribution in [2.75, 3.05) is 6.79 Å². The average Bonchev–Trinajstić information content (AvgIpc) is 3.31. The van der Waals surface area contributed by atoms with Crippen molar-refractivity contribution in [3.63, 3.8) is 0 Å². The van der Waals surface area contributed by atoms with Gasteiger partial charge >= 0.3 is 0 Å². The highest BCUT2D eigenvalue weighted by Crippen LogP contribution is 2.39. The highest BCUT2D eigenvalue weighted by atomic mass is 32.2. The number of nitrogens with zero attached hydrogens (tertiary/aromatic N) is 4. The third kappa shape index (κ3) is 3.33. The van der Waals surface area contributed by atoms with Crippen LogP contribution in [0.4, 0.5) is 0 Å². The van der Waals surface area contributed by atoms with Crippen LogP contribution in [0.3, 0.4) is 0 Å². The van der Waals surface area contributed by atoms with E-state index in [-0.39, 0.29) is 18.4 Å². The van der Waals surface area contributed by atoms with Gasteiger partial charge in [-0.05, 0) is 49.9 Å². The third-order valence-electron chi connectivity index (χ3n) is 5.83. The van der Waals surface area contributed by atoms with E-state index < -0.39 is 0 Å². The van der Waals surface area contributed by atoms with Gasteiger partial charge in [-0.2, -0.15) is 4.98 Å². The van der Waals surface area contributed by atoms with Crippen molar-refractivity contribution in [1.29, 1.82) is 0 Å². The Morgan fingerprint density at radius 3 is 2.66 bits per heavy atom. The topological polar surface area (TPSA) is 92.3 Å². The minimum absolute atomic E-state index is 0.0559. The maximum absolute atomic E-state index is 13.3. The first kappa shape index (κ1) is 19.4. The zero-order valence-electron chi connectivity index (χ0n) is 17.6. The number of hydrogen-bond acceptors (Lipinski definition) is 8. The summed E-state index contributed by atoms with van der Waals surface area (Å²) in [5, 5.41) is 5.32. The Morgan fingerprint density at radius 1 is 1.06 bits per heavy atom. The minimum Gasteiger partial charge on any atom is -0.454 e. The van der Waals surface area contributed by atoms with Gasteiger partial charge in [-0.1, -0.05) is 29.1 Å². The second-order valence-corrected chi connectivity index (χ2v) is 9.07. The molecule has 1 aliphatic carbocycles. The lowest BCUT2D eigenvalue weighted by atomic mass is 10.1. The smallest absolute Gasteiger partial charge is 0.262 e. The van der Waals surface area contributed by atoms with Crippen molar-refractivity contribution < 1.29 is 14.0 Å². The van der Waals surface area contributed by atoms with Crippen molar-refractivity contribution in [2.24, 2.45) is 0 Å². The minimum atomic E-state index is -0.0559. The first-order chi connectivity index (χ1) is 15.6. The van der Waals surface area contributed by atoms with Gasteiger partial charge < -0.3 is 14.0 Å². The van der Waals surface area contributed by atoms with Gasteiger partial charge in [0.25, 0.3) is 5.56 Å². The van der Waals surface area contributed by atoms with Crippen LogP contribution in [0.1, 0.15) is 35.9 Å². The van der Waals surface area contributed by atoms with Crippen LogP contribution < -0.4 is 15.0 Å². The van der Waals surface area contributed by atoms with E-state index in [4.69, 9.17) is 19.0 Å². The molecule has 8 nitrogen and oxygen atoms in total. The van der Waals surface area contributed by atoms with Gasteiger partial charge in [0.2, 0.25) is 18.5 Å². The van der Waals surface area contributed by atoms with Crippen LogP contribution in [0.15, 0.2) is 44.8 Å². The highest BCUT2D eigenvalue weighted by Gasteiger charge is 2.29. The van der Waals surface area contributed by atoms with Crippen molar-refractivity contribution in [3.05, 3.63) is 57.7 Å². The summed E-state index contributed by atoms with van der Waals surface area (Å²) in [7, 11) is 0. The summed E-state index contributed by atoms with van der Waals surface area (Å²) in [6.45, 7) is 4.29. The molecule has 1 saturated carbocycles. The molecule has 162 valence electrons. The second kappa shape index (κ2) is 7.37. The van der Waals surface area contributed by atoms with E-state index in [0.717, 1.165) is 18.4 Å². The molecule has 2 aromatic heterocycles. The molecule has 0 bridgehead atoms. The third-order valence-corrected chi connectivity index (χ3v) is 6.77. The van der Waals surface area contributed by atoms with Crippen LogP contribution >= 0.6 is 11.8 Å². The molecule has 1 fully saturated rings. The lowest BCUT2D eigenvalue weighted by molar-refractivity contribution is 0.174. The fourth-order valence-corrected chi connectivity index (χ4v) is 4.67. The van der Waals surface area contributed by atoms with E-state index >= 15 is 0 Å². The zero-order chi connectivity index (χ0) is 21.8. The number of benzene rings is 2. The molecule has 3 heterocycles. The van der Waals surface area contributed by atoms with Gasteiger partial charge in [0.05, 0.1) is 16.7 Å². The molecule has 32 heavy (non-hydrogen) atoms. The van der Waals surface area contributed by atoms with E-state index in [2.05, 4.69) is 30.1 Å². The molecule has 0 atom stereocenters. The van der Waals surface area contributed by atoms with Crippen LogP contribution in [0.25, 0.3) is 22.3 Å². The lowest BCUT2D eigenvalue weighted by Gasteiger charge is -2.12.